The Labute approximate surface area is 154 Å². The molecule has 2 aromatic rings. The average molecular weight is 413 g/mol. The number of amides is 1. The van der Waals surface area contributed by atoms with Crippen LogP contribution in [0.25, 0.3) is 0 Å². The van der Waals surface area contributed by atoms with Gasteiger partial charge in [-0.15, -0.1) is 0 Å². The Hall–Kier alpha value is -1.34. The van der Waals surface area contributed by atoms with Crippen LogP contribution in [0.3, 0.4) is 0 Å². The molecule has 1 fully saturated rings. The number of carbonyl (C=O) groups is 1. The van der Waals surface area contributed by atoms with Crippen LogP contribution in [0.2, 0.25) is 5.02 Å². The van der Waals surface area contributed by atoms with Gasteiger partial charge in [-0.1, -0.05) is 29.8 Å². The highest BCUT2D eigenvalue weighted by atomic mass is 79.9. The maximum absolute atomic E-state index is 12.3. The van der Waals surface area contributed by atoms with Crippen molar-refractivity contribution in [3.05, 3.63) is 57.3 Å². The first kappa shape index (κ1) is 17.5. The van der Waals surface area contributed by atoms with Gasteiger partial charge in [0.2, 0.25) is 0 Å². The zero-order valence-electron chi connectivity index (χ0n) is 13.1. The van der Waals surface area contributed by atoms with Crippen molar-refractivity contribution in [2.45, 2.75) is 6.04 Å². The number of H-pyrrole nitrogens is 1. The van der Waals surface area contributed by atoms with E-state index in [1.54, 1.807) is 12.3 Å². The van der Waals surface area contributed by atoms with E-state index in [0.717, 1.165) is 23.1 Å². The number of benzene rings is 1. The summed E-state index contributed by atoms with van der Waals surface area (Å²) in [4.78, 5) is 17.6. The van der Waals surface area contributed by atoms with E-state index >= 15 is 0 Å². The number of nitrogens with one attached hydrogen (secondary N) is 2. The molecule has 1 aliphatic rings. The lowest BCUT2D eigenvalue weighted by Gasteiger charge is -2.35. The number of hydrogen-bond donors (Lipinski definition) is 2. The van der Waals surface area contributed by atoms with Crippen molar-refractivity contribution in [1.82, 2.24) is 15.2 Å². The molecule has 128 valence electrons. The van der Waals surface area contributed by atoms with Crippen molar-refractivity contribution in [3.63, 3.8) is 0 Å². The molecule has 0 saturated carbocycles. The van der Waals surface area contributed by atoms with Crippen LogP contribution in [0.4, 0.5) is 0 Å². The van der Waals surface area contributed by atoms with Gasteiger partial charge in [-0.2, -0.15) is 0 Å². The third-order valence-corrected chi connectivity index (χ3v) is 4.90. The number of aromatic amines is 1. The molecular weight excluding hydrogens is 394 g/mol. The smallest absolute Gasteiger partial charge is 0.267 e. The number of halogens is 2. The summed E-state index contributed by atoms with van der Waals surface area (Å²) < 4.78 is 6.29. The molecular formula is C17H19BrClN3O2. The second kappa shape index (κ2) is 8.16. The molecule has 0 spiro atoms. The molecule has 1 saturated heterocycles. The molecule has 24 heavy (non-hydrogen) atoms. The first-order valence-electron chi connectivity index (χ1n) is 7.83. The van der Waals surface area contributed by atoms with Crippen LogP contribution in [-0.4, -0.2) is 48.6 Å². The maximum Gasteiger partial charge on any atom is 0.267 e. The summed E-state index contributed by atoms with van der Waals surface area (Å²) in [5.41, 5.74) is 1.55. The second-order valence-electron chi connectivity index (χ2n) is 5.63. The van der Waals surface area contributed by atoms with Crippen LogP contribution >= 0.6 is 27.5 Å². The summed E-state index contributed by atoms with van der Waals surface area (Å²) in [5.74, 6) is -0.133. The van der Waals surface area contributed by atoms with Gasteiger partial charge in [0.05, 0.1) is 19.3 Å². The van der Waals surface area contributed by atoms with Crippen LogP contribution in [0.1, 0.15) is 22.1 Å². The third-order valence-electron chi connectivity index (χ3n) is 4.10. The summed E-state index contributed by atoms with van der Waals surface area (Å²) in [5, 5.41) is 3.72. The molecule has 3 rings (SSSR count). The predicted octanol–water partition coefficient (Wildman–Crippen LogP) is 3.23. The van der Waals surface area contributed by atoms with E-state index in [0.29, 0.717) is 30.5 Å². The lowest BCUT2D eigenvalue weighted by atomic mass is 10.0. The predicted molar refractivity (Wildman–Crippen MR) is 97.4 cm³/mol. The third kappa shape index (κ3) is 4.19. The molecule has 0 unspecified atom stereocenters. The standard InChI is InChI=1S/C17H19BrClN3O2/c18-12-9-15(20-10-12)17(23)21-11-16(22-5-7-24-8-6-22)13-3-1-2-4-14(13)19/h1-4,9-10,16,20H,5-8,11H2,(H,21,23)/t16-/m0/s1. The zero-order valence-corrected chi connectivity index (χ0v) is 15.4. The van der Waals surface area contributed by atoms with Crippen LogP contribution < -0.4 is 5.32 Å². The Morgan fingerprint density at radius 1 is 1.38 bits per heavy atom. The van der Waals surface area contributed by atoms with Gasteiger partial charge >= 0.3 is 0 Å². The molecule has 0 bridgehead atoms. The summed E-state index contributed by atoms with van der Waals surface area (Å²) >= 11 is 9.73. The number of carbonyl (C=O) groups excluding carboxylic acids is 1. The Morgan fingerprint density at radius 3 is 2.79 bits per heavy atom. The van der Waals surface area contributed by atoms with Crippen LogP contribution in [0.5, 0.6) is 0 Å². The summed E-state index contributed by atoms with van der Waals surface area (Å²) in [6, 6.07) is 9.56. The van der Waals surface area contributed by atoms with Crippen molar-refractivity contribution in [3.8, 4) is 0 Å². The van der Waals surface area contributed by atoms with E-state index in [1.165, 1.54) is 0 Å². The summed E-state index contributed by atoms with van der Waals surface area (Å²) in [6.07, 6.45) is 1.74. The minimum Gasteiger partial charge on any atom is -0.379 e. The molecule has 0 aliphatic carbocycles. The van der Waals surface area contributed by atoms with E-state index < -0.39 is 0 Å². The lowest BCUT2D eigenvalue weighted by Crippen LogP contribution is -2.44. The highest BCUT2D eigenvalue weighted by Crippen LogP contribution is 2.27. The van der Waals surface area contributed by atoms with Crippen molar-refractivity contribution >= 4 is 33.4 Å². The summed E-state index contributed by atoms with van der Waals surface area (Å²) in [7, 11) is 0. The quantitative estimate of drug-likeness (QED) is 0.793. The number of nitrogens with zero attached hydrogens (tertiary/aromatic N) is 1. The first-order valence-corrected chi connectivity index (χ1v) is 9.00. The second-order valence-corrected chi connectivity index (χ2v) is 6.95. The van der Waals surface area contributed by atoms with Gasteiger partial charge < -0.3 is 15.0 Å². The molecule has 2 N–H and O–H groups in total. The molecule has 1 aromatic carbocycles. The van der Waals surface area contributed by atoms with Gasteiger partial charge in [0, 0.05) is 35.3 Å². The normalized spacial score (nSPS) is 16.8. The molecule has 0 radical (unpaired) electrons. The number of aromatic nitrogens is 1. The number of ether oxygens (including phenoxy) is 1. The first-order chi connectivity index (χ1) is 11.6. The van der Waals surface area contributed by atoms with Gasteiger partial charge in [0.15, 0.2) is 0 Å². The maximum atomic E-state index is 12.3. The van der Waals surface area contributed by atoms with Gasteiger partial charge in [-0.05, 0) is 33.6 Å². The topological polar surface area (TPSA) is 57.4 Å². The van der Waals surface area contributed by atoms with Crippen LogP contribution in [-0.2, 0) is 4.74 Å². The van der Waals surface area contributed by atoms with Crippen molar-refractivity contribution < 1.29 is 9.53 Å². The Bertz CT molecular complexity index is 701. The van der Waals surface area contributed by atoms with Crippen LogP contribution in [0.15, 0.2) is 41.0 Å². The van der Waals surface area contributed by atoms with E-state index in [2.05, 4.69) is 31.1 Å². The monoisotopic (exact) mass is 411 g/mol. The van der Waals surface area contributed by atoms with Gasteiger partial charge in [-0.3, -0.25) is 9.69 Å². The van der Waals surface area contributed by atoms with Gasteiger partial charge in [0.1, 0.15) is 5.69 Å². The van der Waals surface area contributed by atoms with E-state index in [4.69, 9.17) is 16.3 Å². The number of rotatable bonds is 5. The van der Waals surface area contributed by atoms with Crippen molar-refractivity contribution in [2.24, 2.45) is 0 Å². The number of hydrogen-bond acceptors (Lipinski definition) is 3. The molecule has 5 nitrogen and oxygen atoms in total. The van der Waals surface area contributed by atoms with Gasteiger partial charge in [0.25, 0.3) is 5.91 Å². The largest absolute Gasteiger partial charge is 0.379 e. The fraction of sp³-hybridized carbons (Fsp3) is 0.353. The van der Waals surface area contributed by atoms with Crippen molar-refractivity contribution in [1.29, 1.82) is 0 Å². The number of morpholine rings is 1. The molecule has 1 atom stereocenters. The van der Waals surface area contributed by atoms with Crippen molar-refractivity contribution in [2.75, 3.05) is 32.8 Å². The molecule has 1 aromatic heterocycles. The van der Waals surface area contributed by atoms with Crippen LogP contribution in [0, 0.1) is 0 Å². The highest BCUT2D eigenvalue weighted by Gasteiger charge is 2.25. The zero-order chi connectivity index (χ0) is 16.9. The van der Waals surface area contributed by atoms with E-state index in [-0.39, 0.29) is 11.9 Å². The Balaban J connectivity index is 1.74. The highest BCUT2D eigenvalue weighted by molar-refractivity contribution is 9.10. The molecule has 1 aliphatic heterocycles. The van der Waals surface area contributed by atoms with Gasteiger partial charge in [-0.25, -0.2) is 0 Å². The fourth-order valence-electron chi connectivity index (χ4n) is 2.85. The van der Waals surface area contributed by atoms with E-state index in [1.807, 2.05) is 24.3 Å². The van der Waals surface area contributed by atoms with E-state index in [9.17, 15) is 4.79 Å². The Morgan fingerprint density at radius 2 is 2.12 bits per heavy atom. The SMILES string of the molecule is O=C(NC[C@@H](c1ccccc1Cl)N1CCOCC1)c1cc(Br)c[nH]1. The molecule has 2 heterocycles. The summed E-state index contributed by atoms with van der Waals surface area (Å²) in [6.45, 7) is 3.51. The average Bonchev–Trinajstić information content (AvgIpc) is 3.04. The fourth-order valence-corrected chi connectivity index (χ4v) is 3.46. The molecule has 1 amide bonds. The minimum atomic E-state index is -0.133. The molecule has 7 heteroatoms. The Kier molecular flexibility index (Phi) is 5.94. The lowest BCUT2D eigenvalue weighted by molar-refractivity contribution is 0.0162. The minimum absolute atomic E-state index is 0.0185.